The molecular formula is C57H108O6. The third kappa shape index (κ3) is 51.0. The first-order chi connectivity index (χ1) is 31.0. The van der Waals surface area contributed by atoms with Gasteiger partial charge in [-0.15, -0.1) is 0 Å². The molecule has 63 heavy (non-hydrogen) atoms. The molecule has 0 aliphatic carbocycles. The van der Waals surface area contributed by atoms with E-state index in [1.807, 2.05) is 0 Å². The van der Waals surface area contributed by atoms with Gasteiger partial charge in [-0.3, -0.25) is 14.4 Å². The van der Waals surface area contributed by atoms with Gasteiger partial charge in [-0.25, -0.2) is 0 Å². The minimum absolute atomic E-state index is 0.0676. The van der Waals surface area contributed by atoms with Crippen molar-refractivity contribution in [2.24, 2.45) is 0 Å². The van der Waals surface area contributed by atoms with Crippen molar-refractivity contribution in [1.82, 2.24) is 0 Å². The molecule has 0 radical (unpaired) electrons. The maximum atomic E-state index is 12.8. The first kappa shape index (κ1) is 61.1. The molecule has 1 unspecified atom stereocenters. The van der Waals surface area contributed by atoms with E-state index in [1.54, 1.807) is 0 Å². The summed E-state index contributed by atoms with van der Waals surface area (Å²) in [6.45, 7) is 6.67. The van der Waals surface area contributed by atoms with Gasteiger partial charge in [-0.1, -0.05) is 264 Å². The van der Waals surface area contributed by atoms with Crippen molar-refractivity contribution >= 4 is 17.9 Å². The minimum Gasteiger partial charge on any atom is -0.462 e. The van der Waals surface area contributed by atoms with E-state index < -0.39 is 6.10 Å². The van der Waals surface area contributed by atoms with Crippen LogP contribution >= 0.6 is 0 Å². The molecule has 0 amide bonds. The molecule has 0 aromatic carbocycles. The second kappa shape index (κ2) is 52.8. The van der Waals surface area contributed by atoms with Crippen LogP contribution < -0.4 is 0 Å². The molecule has 0 aromatic heterocycles. The summed E-state index contributed by atoms with van der Waals surface area (Å²) in [4.78, 5) is 38.1. The van der Waals surface area contributed by atoms with Crippen LogP contribution in [0.4, 0.5) is 0 Å². The molecular weight excluding hydrogens is 781 g/mol. The Morgan fingerprint density at radius 2 is 0.524 bits per heavy atom. The zero-order valence-corrected chi connectivity index (χ0v) is 42.6. The number of hydrogen-bond acceptors (Lipinski definition) is 6. The number of rotatable bonds is 52. The third-order valence-corrected chi connectivity index (χ3v) is 12.8. The van der Waals surface area contributed by atoms with Gasteiger partial charge < -0.3 is 14.2 Å². The number of unbranched alkanes of at least 4 members (excludes halogenated alkanes) is 39. The van der Waals surface area contributed by atoms with Crippen molar-refractivity contribution in [3.8, 4) is 0 Å². The van der Waals surface area contributed by atoms with Gasteiger partial charge in [0.05, 0.1) is 0 Å². The Labute approximate surface area is 392 Å². The standard InChI is InChI=1S/C57H108O6/c1-4-7-10-13-16-19-22-25-27-28-29-30-33-35-38-41-44-47-50-56(59)62-53-54(52-61-55(58)49-46-43-40-37-34-31-24-21-18-15-12-9-6-3)63-57(60)51-48-45-42-39-36-32-26-23-20-17-14-11-8-5-2/h23,26,54H,4-22,24-25,27-53H2,1-3H3/b26-23-. The van der Waals surface area contributed by atoms with Crippen LogP contribution in [-0.2, 0) is 28.6 Å². The van der Waals surface area contributed by atoms with Gasteiger partial charge in [0.15, 0.2) is 6.10 Å². The van der Waals surface area contributed by atoms with Gasteiger partial charge in [0.2, 0.25) is 0 Å². The van der Waals surface area contributed by atoms with Gasteiger partial charge in [-0.2, -0.15) is 0 Å². The fraction of sp³-hybridized carbons (Fsp3) is 0.912. The summed E-state index contributed by atoms with van der Waals surface area (Å²) in [5.41, 5.74) is 0. The second-order valence-electron chi connectivity index (χ2n) is 19.2. The number of hydrogen-bond donors (Lipinski definition) is 0. The molecule has 6 heteroatoms. The lowest BCUT2D eigenvalue weighted by atomic mass is 10.0. The fourth-order valence-corrected chi connectivity index (χ4v) is 8.50. The van der Waals surface area contributed by atoms with Crippen molar-refractivity contribution in [2.45, 2.75) is 322 Å². The van der Waals surface area contributed by atoms with Crippen LogP contribution in [0.25, 0.3) is 0 Å². The van der Waals surface area contributed by atoms with Crippen LogP contribution in [0.15, 0.2) is 12.2 Å². The fourth-order valence-electron chi connectivity index (χ4n) is 8.50. The monoisotopic (exact) mass is 889 g/mol. The molecule has 0 aromatic rings. The van der Waals surface area contributed by atoms with Gasteiger partial charge in [0.25, 0.3) is 0 Å². The van der Waals surface area contributed by atoms with E-state index in [0.29, 0.717) is 19.3 Å². The summed E-state index contributed by atoms with van der Waals surface area (Å²) in [7, 11) is 0. The minimum atomic E-state index is -0.768. The Hall–Kier alpha value is -1.85. The Bertz CT molecular complexity index is 978. The Balaban J connectivity index is 4.30. The molecule has 0 fully saturated rings. The average Bonchev–Trinajstić information content (AvgIpc) is 3.28. The van der Waals surface area contributed by atoms with Crippen LogP contribution in [0.5, 0.6) is 0 Å². The predicted octanol–water partition coefficient (Wildman–Crippen LogP) is 18.5. The Kier molecular flexibility index (Phi) is 51.2. The number of allylic oxidation sites excluding steroid dienone is 2. The lowest BCUT2D eigenvalue weighted by Crippen LogP contribution is -2.30. The summed E-state index contributed by atoms with van der Waals surface area (Å²) in [6, 6.07) is 0. The van der Waals surface area contributed by atoms with E-state index in [4.69, 9.17) is 14.2 Å². The molecule has 0 spiro atoms. The van der Waals surface area contributed by atoms with Gasteiger partial charge in [0.1, 0.15) is 13.2 Å². The highest BCUT2D eigenvalue weighted by molar-refractivity contribution is 5.71. The molecule has 0 rings (SSSR count). The van der Waals surface area contributed by atoms with Crippen LogP contribution in [0, 0.1) is 0 Å². The van der Waals surface area contributed by atoms with Crippen LogP contribution in [-0.4, -0.2) is 37.2 Å². The van der Waals surface area contributed by atoms with Crippen LogP contribution in [0.2, 0.25) is 0 Å². The average molecular weight is 889 g/mol. The summed E-state index contributed by atoms with van der Waals surface area (Å²) in [6.07, 6.45) is 59.1. The normalized spacial score (nSPS) is 12.0. The number of ether oxygens (including phenoxy) is 3. The molecule has 6 nitrogen and oxygen atoms in total. The molecule has 0 heterocycles. The molecule has 0 aliphatic rings. The van der Waals surface area contributed by atoms with Crippen LogP contribution in [0.1, 0.15) is 316 Å². The molecule has 1 atom stereocenters. The SMILES string of the molecule is CCCCCCC/C=C\CCCCCCCC(=O)OC(COC(=O)CCCCCCCCCCCCCCC)COC(=O)CCCCCCCCCCCCCCCCCCCC. The van der Waals surface area contributed by atoms with Crippen molar-refractivity contribution in [3.05, 3.63) is 12.2 Å². The Morgan fingerprint density at radius 1 is 0.302 bits per heavy atom. The first-order valence-electron chi connectivity index (χ1n) is 28.2. The van der Waals surface area contributed by atoms with Gasteiger partial charge in [-0.05, 0) is 44.9 Å². The predicted molar refractivity (Wildman–Crippen MR) is 270 cm³/mol. The highest BCUT2D eigenvalue weighted by Crippen LogP contribution is 2.17. The van der Waals surface area contributed by atoms with Gasteiger partial charge in [0, 0.05) is 19.3 Å². The molecule has 0 saturated heterocycles. The second-order valence-corrected chi connectivity index (χ2v) is 19.2. The van der Waals surface area contributed by atoms with Crippen molar-refractivity contribution < 1.29 is 28.6 Å². The summed E-state index contributed by atoms with van der Waals surface area (Å²) in [5, 5.41) is 0. The van der Waals surface area contributed by atoms with Crippen molar-refractivity contribution in [3.63, 3.8) is 0 Å². The number of carbonyl (C=O) groups is 3. The maximum absolute atomic E-state index is 12.8. The van der Waals surface area contributed by atoms with Gasteiger partial charge >= 0.3 is 17.9 Å². The van der Waals surface area contributed by atoms with E-state index in [-0.39, 0.29) is 31.1 Å². The van der Waals surface area contributed by atoms with Crippen molar-refractivity contribution in [1.29, 1.82) is 0 Å². The first-order valence-corrected chi connectivity index (χ1v) is 28.2. The van der Waals surface area contributed by atoms with E-state index >= 15 is 0 Å². The number of carbonyl (C=O) groups excluding carboxylic acids is 3. The highest BCUT2D eigenvalue weighted by Gasteiger charge is 2.19. The largest absolute Gasteiger partial charge is 0.462 e. The highest BCUT2D eigenvalue weighted by atomic mass is 16.6. The third-order valence-electron chi connectivity index (χ3n) is 12.8. The zero-order chi connectivity index (χ0) is 45.8. The molecule has 0 aliphatic heterocycles. The smallest absolute Gasteiger partial charge is 0.306 e. The lowest BCUT2D eigenvalue weighted by Gasteiger charge is -2.18. The Morgan fingerprint density at radius 3 is 0.794 bits per heavy atom. The maximum Gasteiger partial charge on any atom is 0.306 e. The zero-order valence-electron chi connectivity index (χ0n) is 42.6. The molecule has 372 valence electrons. The van der Waals surface area contributed by atoms with E-state index in [2.05, 4.69) is 32.9 Å². The lowest BCUT2D eigenvalue weighted by molar-refractivity contribution is -0.167. The summed E-state index contributed by atoms with van der Waals surface area (Å²) >= 11 is 0. The molecule has 0 N–H and O–H groups in total. The van der Waals surface area contributed by atoms with Crippen molar-refractivity contribution in [2.75, 3.05) is 13.2 Å². The molecule has 0 bridgehead atoms. The summed E-state index contributed by atoms with van der Waals surface area (Å²) in [5.74, 6) is -0.854. The topological polar surface area (TPSA) is 78.9 Å². The quantitative estimate of drug-likeness (QED) is 0.0262. The number of esters is 3. The molecule has 0 saturated carbocycles. The van der Waals surface area contributed by atoms with E-state index in [1.165, 1.54) is 212 Å². The van der Waals surface area contributed by atoms with E-state index in [9.17, 15) is 14.4 Å². The van der Waals surface area contributed by atoms with E-state index in [0.717, 1.165) is 64.2 Å². The summed E-state index contributed by atoms with van der Waals surface area (Å²) < 4.78 is 16.9. The van der Waals surface area contributed by atoms with Crippen LogP contribution in [0.3, 0.4) is 0 Å².